The summed E-state index contributed by atoms with van der Waals surface area (Å²) in [5.74, 6) is 0.881. The molecule has 3 aromatic rings. The molecule has 0 bridgehead atoms. The highest BCUT2D eigenvalue weighted by Gasteiger charge is 2.23. The van der Waals surface area contributed by atoms with Crippen LogP contribution < -0.4 is 5.32 Å². The number of rotatable bonds is 5. The number of thiophene rings is 1. The van der Waals surface area contributed by atoms with E-state index < -0.39 is 0 Å². The van der Waals surface area contributed by atoms with Crippen molar-refractivity contribution in [3.8, 4) is 0 Å². The molecule has 0 spiro atoms. The topological polar surface area (TPSA) is 49.4 Å². The average Bonchev–Trinajstić information content (AvgIpc) is 3.28. The van der Waals surface area contributed by atoms with Crippen molar-refractivity contribution in [2.45, 2.75) is 24.8 Å². The Kier molecular flexibility index (Phi) is 6.02. The maximum Gasteiger partial charge on any atom is 0.264 e. The van der Waals surface area contributed by atoms with Gasteiger partial charge in [0.1, 0.15) is 0 Å². The van der Waals surface area contributed by atoms with Crippen LogP contribution in [0.1, 0.15) is 38.1 Å². The van der Waals surface area contributed by atoms with Crippen molar-refractivity contribution in [2.24, 2.45) is 0 Å². The Hall–Kier alpha value is -2.57. The van der Waals surface area contributed by atoms with E-state index in [1.165, 1.54) is 16.9 Å². The summed E-state index contributed by atoms with van der Waals surface area (Å²) >= 11 is 3.13. The quantitative estimate of drug-likeness (QED) is 0.567. The van der Waals surface area contributed by atoms with Gasteiger partial charge in [0, 0.05) is 23.7 Å². The molecular formula is C23H22N2O2S2. The third-order valence-corrected chi connectivity index (χ3v) is 6.74. The summed E-state index contributed by atoms with van der Waals surface area (Å²) in [6, 6.07) is 17.4. The van der Waals surface area contributed by atoms with E-state index in [2.05, 4.69) is 18.3 Å². The first-order valence-corrected chi connectivity index (χ1v) is 11.5. The van der Waals surface area contributed by atoms with Crippen LogP contribution in [0.15, 0.2) is 64.9 Å². The zero-order chi connectivity index (χ0) is 20.2. The minimum absolute atomic E-state index is 0.0746. The van der Waals surface area contributed by atoms with Gasteiger partial charge < -0.3 is 10.2 Å². The minimum Gasteiger partial charge on any atom is -0.333 e. The molecule has 0 aliphatic carbocycles. The fraction of sp³-hybridized carbons (Fsp3) is 0.217. The number of amides is 2. The fourth-order valence-electron chi connectivity index (χ4n) is 3.50. The molecular weight excluding hydrogens is 400 g/mol. The van der Waals surface area contributed by atoms with Crippen molar-refractivity contribution >= 4 is 40.6 Å². The van der Waals surface area contributed by atoms with E-state index in [0.717, 1.165) is 39.7 Å². The molecule has 2 amide bonds. The van der Waals surface area contributed by atoms with Crippen molar-refractivity contribution < 1.29 is 9.59 Å². The zero-order valence-electron chi connectivity index (χ0n) is 16.2. The molecule has 1 aliphatic rings. The van der Waals surface area contributed by atoms with E-state index in [9.17, 15) is 9.59 Å². The summed E-state index contributed by atoms with van der Waals surface area (Å²) in [4.78, 5) is 29.1. The standard InChI is InChI=1S/C23H22N2O2S2/c1-2-28-20-7-4-3-6-19(20)22(26)24-18-10-9-16-11-12-25(15-17(16)14-18)23(27)21-8-5-13-29-21/h3-10,13-14H,2,11-12,15H2,1H3,(H,24,26). The second-order valence-corrected chi connectivity index (χ2v) is 9.07. The summed E-state index contributed by atoms with van der Waals surface area (Å²) in [6.07, 6.45) is 0.830. The van der Waals surface area contributed by atoms with Crippen molar-refractivity contribution in [1.82, 2.24) is 4.90 Å². The van der Waals surface area contributed by atoms with Crippen LogP contribution in [-0.4, -0.2) is 29.0 Å². The van der Waals surface area contributed by atoms with Crippen LogP contribution in [0.2, 0.25) is 0 Å². The van der Waals surface area contributed by atoms with E-state index in [-0.39, 0.29) is 11.8 Å². The lowest BCUT2D eigenvalue weighted by Crippen LogP contribution is -2.35. The maximum atomic E-state index is 12.8. The van der Waals surface area contributed by atoms with E-state index in [1.807, 2.05) is 58.8 Å². The van der Waals surface area contributed by atoms with Crippen molar-refractivity contribution in [1.29, 1.82) is 0 Å². The van der Waals surface area contributed by atoms with Crippen LogP contribution in [0.5, 0.6) is 0 Å². The molecule has 0 saturated carbocycles. The van der Waals surface area contributed by atoms with E-state index in [0.29, 0.717) is 12.1 Å². The summed E-state index contributed by atoms with van der Waals surface area (Å²) < 4.78 is 0. The zero-order valence-corrected chi connectivity index (χ0v) is 17.8. The summed E-state index contributed by atoms with van der Waals surface area (Å²) in [7, 11) is 0. The van der Waals surface area contributed by atoms with Gasteiger partial charge in [-0.05, 0) is 59.0 Å². The van der Waals surface area contributed by atoms with Crippen LogP contribution in [0, 0.1) is 0 Å². The minimum atomic E-state index is -0.108. The Morgan fingerprint density at radius 2 is 1.97 bits per heavy atom. The molecule has 1 aliphatic heterocycles. The number of nitrogens with zero attached hydrogens (tertiary/aromatic N) is 1. The second kappa shape index (κ2) is 8.84. The predicted octanol–water partition coefficient (Wildman–Crippen LogP) is 5.31. The fourth-order valence-corrected chi connectivity index (χ4v) is 4.99. The normalized spacial score (nSPS) is 13.1. The SMILES string of the molecule is CCSc1ccccc1C(=O)Nc1ccc2c(c1)CN(C(=O)c1cccs1)CC2. The molecule has 2 aromatic carbocycles. The predicted molar refractivity (Wildman–Crippen MR) is 120 cm³/mol. The Balaban J connectivity index is 1.51. The third kappa shape index (κ3) is 4.38. The van der Waals surface area contributed by atoms with Crippen molar-refractivity contribution in [2.75, 3.05) is 17.6 Å². The van der Waals surface area contributed by atoms with Gasteiger partial charge in [0.25, 0.3) is 11.8 Å². The average molecular weight is 423 g/mol. The number of thioether (sulfide) groups is 1. The number of nitrogens with one attached hydrogen (secondary N) is 1. The molecule has 2 heterocycles. The number of hydrogen-bond acceptors (Lipinski definition) is 4. The summed E-state index contributed by atoms with van der Waals surface area (Å²) in [6.45, 7) is 3.36. The van der Waals surface area contributed by atoms with Gasteiger partial charge in [0.05, 0.1) is 10.4 Å². The molecule has 0 fully saturated rings. The van der Waals surface area contributed by atoms with Gasteiger partial charge in [-0.3, -0.25) is 9.59 Å². The summed E-state index contributed by atoms with van der Waals surface area (Å²) in [5.41, 5.74) is 3.78. The van der Waals surface area contributed by atoms with Crippen LogP contribution in [0.3, 0.4) is 0 Å². The van der Waals surface area contributed by atoms with Gasteiger partial charge in [0.15, 0.2) is 0 Å². The molecule has 1 N–H and O–H groups in total. The number of carbonyl (C=O) groups is 2. The number of carbonyl (C=O) groups excluding carboxylic acids is 2. The monoisotopic (exact) mass is 422 g/mol. The van der Waals surface area contributed by atoms with Gasteiger partial charge in [-0.25, -0.2) is 0 Å². The molecule has 0 radical (unpaired) electrons. The smallest absolute Gasteiger partial charge is 0.264 e. The van der Waals surface area contributed by atoms with Gasteiger partial charge in [-0.1, -0.05) is 31.2 Å². The molecule has 0 saturated heterocycles. The van der Waals surface area contributed by atoms with E-state index in [1.54, 1.807) is 11.8 Å². The molecule has 0 atom stereocenters. The lowest BCUT2D eigenvalue weighted by molar-refractivity contribution is 0.0739. The first-order chi connectivity index (χ1) is 14.2. The highest BCUT2D eigenvalue weighted by Crippen LogP contribution is 2.26. The molecule has 4 nitrogen and oxygen atoms in total. The van der Waals surface area contributed by atoms with Crippen LogP contribution >= 0.6 is 23.1 Å². The Morgan fingerprint density at radius 1 is 1.10 bits per heavy atom. The van der Waals surface area contributed by atoms with Crippen LogP contribution in [0.4, 0.5) is 5.69 Å². The van der Waals surface area contributed by atoms with Gasteiger partial charge in [-0.15, -0.1) is 23.1 Å². The Morgan fingerprint density at radius 3 is 2.76 bits per heavy atom. The first kappa shape index (κ1) is 19.7. The van der Waals surface area contributed by atoms with Crippen molar-refractivity contribution in [3.05, 3.63) is 81.5 Å². The number of fused-ring (bicyclic) bond motifs is 1. The Bertz CT molecular complexity index is 1030. The van der Waals surface area contributed by atoms with E-state index >= 15 is 0 Å². The maximum absolute atomic E-state index is 12.8. The lowest BCUT2D eigenvalue weighted by atomic mass is 9.98. The van der Waals surface area contributed by atoms with E-state index in [4.69, 9.17) is 0 Å². The first-order valence-electron chi connectivity index (χ1n) is 9.63. The number of benzene rings is 2. The largest absolute Gasteiger partial charge is 0.333 e. The van der Waals surface area contributed by atoms with Crippen LogP contribution in [-0.2, 0) is 13.0 Å². The second-order valence-electron chi connectivity index (χ2n) is 6.82. The number of anilines is 1. The highest BCUT2D eigenvalue weighted by molar-refractivity contribution is 7.99. The molecule has 29 heavy (non-hydrogen) atoms. The molecule has 1 aromatic heterocycles. The molecule has 0 unspecified atom stereocenters. The van der Waals surface area contributed by atoms with Crippen LogP contribution in [0.25, 0.3) is 0 Å². The molecule has 4 rings (SSSR count). The lowest BCUT2D eigenvalue weighted by Gasteiger charge is -2.29. The Labute approximate surface area is 178 Å². The third-order valence-electron chi connectivity index (χ3n) is 4.93. The van der Waals surface area contributed by atoms with Gasteiger partial charge in [-0.2, -0.15) is 0 Å². The summed E-state index contributed by atoms with van der Waals surface area (Å²) in [5, 5.41) is 4.95. The van der Waals surface area contributed by atoms with Crippen molar-refractivity contribution in [3.63, 3.8) is 0 Å². The molecule has 6 heteroatoms. The number of hydrogen-bond donors (Lipinski definition) is 1. The highest BCUT2D eigenvalue weighted by atomic mass is 32.2. The molecule has 148 valence electrons. The van der Waals surface area contributed by atoms with Gasteiger partial charge >= 0.3 is 0 Å². The van der Waals surface area contributed by atoms with Gasteiger partial charge in [0.2, 0.25) is 0 Å².